The summed E-state index contributed by atoms with van der Waals surface area (Å²) in [6.07, 6.45) is 8.12. The third-order valence-corrected chi connectivity index (χ3v) is 3.22. The molecule has 0 radical (unpaired) electrons. The van der Waals surface area contributed by atoms with Crippen LogP contribution in [-0.2, 0) is 6.42 Å². The van der Waals surface area contributed by atoms with E-state index in [0.717, 1.165) is 0 Å². The fourth-order valence-corrected chi connectivity index (χ4v) is 2.00. The standard InChI is InChI=1S/C16H26.CH5N/c1-4-5-6-7-8-9-15-10-12-16(13-11-15)14(2)3;1-2/h10-14H,4-9H2,1-3H3;2H2,1H3. The van der Waals surface area contributed by atoms with Gasteiger partial charge in [0.1, 0.15) is 0 Å². The Morgan fingerprint density at radius 1 is 0.889 bits per heavy atom. The number of nitrogens with two attached hydrogens (primary N) is 1. The van der Waals surface area contributed by atoms with E-state index in [1.54, 1.807) is 0 Å². The first-order valence-electron chi connectivity index (χ1n) is 7.40. The molecule has 0 saturated heterocycles. The van der Waals surface area contributed by atoms with E-state index in [1.807, 2.05) is 0 Å². The second-order valence-corrected chi connectivity index (χ2v) is 5.06. The van der Waals surface area contributed by atoms with Crippen molar-refractivity contribution < 1.29 is 0 Å². The van der Waals surface area contributed by atoms with Gasteiger partial charge in [0, 0.05) is 0 Å². The summed E-state index contributed by atoms with van der Waals surface area (Å²) in [7, 11) is 1.50. The first-order chi connectivity index (χ1) is 8.74. The topological polar surface area (TPSA) is 26.0 Å². The monoisotopic (exact) mass is 249 g/mol. The predicted octanol–water partition coefficient (Wildman–Crippen LogP) is 4.90. The molecule has 0 spiro atoms. The molecular formula is C17H31N. The van der Waals surface area contributed by atoms with Gasteiger partial charge in [0.15, 0.2) is 0 Å². The molecule has 0 heterocycles. The lowest BCUT2D eigenvalue weighted by molar-refractivity contribution is 0.632. The molecule has 0 aliphatic heterocycles. The summed E-state index contributed by atoms with van der Waals surface area (Å²) in [4.78, 5) is 0. The molecule has 0 aromatic heterocycles. The average molecular weight is 249 g/mol. The lowest BCUT2D eigenvalue weighted by atomic mass is 9.99. The number of hydrogen-bond donors (Lipinski definition) is 1. The highest BCUT2D eigenvalue weighted by Crippen LogP contribution is 2.16. The van der Waals surface area contributed by atoms with Gasteiger partial charge in [-0.15, -0.1) is 0 Å². The van der Waals surface area contributed by atoms with Crippen molar-refractivity contribution in [3.05, 3.63) is 35.4 Å². The van der Waals surface area contributed by atoms with Crippen LogP contribution in [-0.4, -0.2) is 7.05 Å². The molecule has 0 saturated carbocycles. The van der Waals surface area contributed by atoms with E-state index in [1.165, 1.54) is 56.7 Å². The largest absolute Gasteiger partial charge is 0.333 e. The van der Waals surface area contributed by atoms with Gasteiger partial charge >= 0.3 is 0 Å². The smallest absolute Gasteiger partial charge is 0.0195 e. The van der Waals surface area contributed by atoms with Crippen molar-refractivity contribution in [1.82, 2.24) is 0 Å². The minimum absolute atomic E-state index is 0.651. The molecule has 1 nitrogen and oxygen atoms in total. The van der Waals surface area contributed by atoms with Crippen molar-refractivity contribution in [1.29, 1.82) is 0 Å². The number of unbranched alkanes of at least 4 members (excludes halogenated alkanes) is 4. The highest BCUT2D eigenvalue weighted by atomic mass is 14.4. The van der Waals surface area contributed by atoms with Crippen molar-refractivity contribution in [2.24, 2.45) is 5.73 Å². The predicted molar refractivity (Wildman–Crippen MR) is 83.1 cm³/mol. The Morgan fingerprint density at radius 3 is 1.94 bits per heavy atom. The van der Waals surface area contributed by atoms with Crippen LogP contribution in [0.1, 0.15) is 69.9 Å². The highest BCUT2D eigenvalue weighted by molar-refractivity contribution is 5.24. The van der Waals surface area contributed by atoms with Crippen molar-refractivity contribution >= 4 is 0 Å². The molecule has 1 rings (SSSR count). The van der Waals surface area contributed by atoms with Crippen LogP contribution in [0.15, 0.2) is 24.3 Å². The first-order valence-corrected chi connectivity index (χ1v) is 7.40. The molecule has 0 unspecified atom stereocenters. The Labute approximate surface area is 114 Å². The maximum absolute atomic E-state index is 4.50. The number of rotatable bonds is 7. The molecule has 1 aromatic carbocycles. The van der Waals surface area contributed by atoms with Crippen molar-refractivity contribution in [3.63, 3.8) is 0 Å². The molecule has 1 aromatic rings. The molecule has 18 heavy (non-hydrogen) atoms. The molecule has 1 heteroatoms. The SMILES string of the molecule is CCCCCCCc1ccc(C(C)C)cc1.CN. The maximum atomic E-state index is 4.50. The van der Waals surface area contributed by atoms with Gasteiger partial charge < -0.3 is 5.73 Å². The summed E-state index contributed by atoms with van der Waals surface area (Å²) in [5, 5.41) is 0. The summed E-state index contributed by atoms with van der Waals surface area (Å²) in [6, 6.07) is 9.17. The Morgan fingerprint density at radius 2 is 1.44 bits per heavy atom. The van der Waals surface area contributed by atoms with E-state index in [9.17, 15) is 0 Å². The number of hydrogen-bond acceptors (Lipinski definition) is 1. The summed E-state index contributed by atoms with van der Waals surface area (Å²) in [5.41, 5.74) is 7.45. The summed E-state index contributed by atoms with van der Waals surface area (Å²) < 4.78 is 0. The minimum atomic E-state index is 0.651. The maximum Gasteiger partial charge on any atom is -0.0195 e. The van der Waals surface area contributed by atoms with Gasteiger partial charge in [0.05, 0.1) is 0 Å². The van der Waals surface area contributed by atoms with E-state index in [0.29, 0.717) is 5.92 Å². The number of aryl methyl sites for hydroxylation is 1. The van der Waals surface area contributed by atoms with Crippen molar-refractivity contribution in [2.45, 2.75) is 65.2 Å². The Bertz CT molecular complexity index is 274. The molecule has 104 valence electrons. The summed E-state index contributed by atoms with van der Waals surface area (Å²) >= 11 is 0. The van der Waals surface area contributed by atoms with Crippen LogP contribution in [0, 0.1) is 0 Å². The first kappa shape index (κ1) is 17.2. The minimum Gasteiger partial charge on any atom is -0.333 e. The quantitative estimate of drug-likeness (QED) is 0.683. The van der Waals surface area contributed by atoms with Gasteiger partial charge in [-0.2, -0.15) is 0 Å². The normalized spacial score (nSPS) is 10.1. The van der Waals surface area contributed by atoms with Gasteiger partial charge in [0.25, 0.3) is 0 Å². The van der Waals surface area contributed by atoms with Gasteiger partial charge in [0.2, 0.25) is 0 Å². The van der Waals surface area contributed by atoms with Gasteiger partial charge in [-0.05, 0) is 36.9 Å². The second-order valence-electron chi connectivity index (χ2n) is 5.06. The van der Waals surface area contributed by atoms with Crippen LogP contribution in [0.4, 0.5) is 0 Å². The van der Waals surface area contributed by atoms with Crippen LogP contribution in [0.25, 0.3) is 0 Å². The highest BCUT2D eigenvalue weighted by Gasteiger charge is 1.98. The van der Waals surface area contributed by atoms with Gasteiger partial charge in [-0.25, -0.2) is 0 Å². The van der Waals surface area contributed by atoms with Crippen LogP contribution in [0.5, 0.6) is 0 Å². The zero-order chi connectivity index (χ0) is 13.8. The Kier molecular flexibility index (Phi) is 10.8. The Balaban J connectivity index is 0.00000137. The molecule has 0 fully saturated rings. The molecule has 0 bridgehead atoms. The summed E-state index contributed by atoms with van der Waals surface area (Å²) in [6.45, 7) is 6.77. The number of benzene rings is 1. The lowest BCUT2D eigenvalue weighted by Crippen LogP contribution is -1.90. The van der Waals surface area contributed by atoms with Crippen LogP contribution < -0.4 is 5.73 Å². The molecule has 2 N–H and O–H groups in total. The van der Waals surface area contributed by atoms with E-state index < -0.39 is 0 Å². The zero-order valence-corrected chi connectivity index (χ0v) is 12.7. The van der Waals surface area contributed by atoms with Gasteiger partial charge in [-0.1, -0.05) is 70.7 Å². The molecular weight excluding hydrogens is 218 g/mol. The van der Waals surface area contributed by atoms with Crippen LogP contribution in [0.3, 0.4) is 0 Å². The fraction of sp³-hybridized carbons (Fsp3) is 0.647. The van der Waals surface area contributed by atoms with Gasteiger partial charge in [-0.3, -0.25) is 0 Å². The average Bonchev–Trinajstić information content (AvgIpc) is 2.41. The van der Waals surface area contributed by atoms with Crippen LogP contribution >= 0.6 is 0 Å². The molecule has 0 aliphatic carbocycles. The van der Waals surface area contributed by atoms with Crippen LogP contribution in [0.2, 0.25) is 0 Å². The third-order valence-electron chi connectivity index (χ3n) is 3.22. The zero-order valence-electron chi connectivity index (χ0n) is 12.7. The van der Waals surface area contributed by atoms with Crippen molar-refractivity contribution in [2.75, 3.05) is 7.05 Å². The summed E-state index contributed by atoms with van der Waals surface area (Å²) in [5.74, 6) is 0.651. The molecule has 0 aliphatic rings. The molecule has 0 amide bonds. The van der Waals surface area contributed by atoms with E-state index in [2.05, 4.69) is 50.8 Å². The fourth-order valence-electron chi connectivity index (χ4n) is 2.00. The van der Waals surface area contributed by atoms with E-state index in [-0.39, 0.29) is 0 Å². The van der Waals surface area contributed by atoms with E-state index in [4.69, 9.17) is 0 Å². The van der Waals surface area contributed by atoms with E-state index >= 15 is 0 Å². The second kappa shape index (κ2) is 11.3. The Hall–Kier alpha value is -0.820. The molecule has 0 atom stereocenters. The van der Waals surface area contributed by atoms with Crippen molar-refractivity contribution in [3.8, 4) is 0 Å². The third kappa shape index (κ3) is 7.50. The lowest BCUT2D eigenvalue weighted by Gasteiger charge is -2.06.